The summed E-state index contributed by atoms with van der Waals surface area (Å²) in [6, 6.07) is 5.18. The van der Waals surface area contributed by atoms with E-state index in [4.69, 9.17) is 9.47 Å². The van der Waals surface area contributed by atoms with Gasteiger partial charge in [-0.2, -0.15) is 5.10 Å². The first-order chi connectivity index (χ1) is 14.0. The maximum Gasteiger partial charge on any atom is 0.251 e. The molecule has 1 aromatic carbocycles. The SMILES string of the molecule is CCn1cc(CNC(=O)c2ccc(OC3CCN(C(C)=O)CC3)c(OC)c2)cn1. The molecule has 0 saturated carbocycles. The molecule has 1 N–H and O–H groups in total. The van der Waals surface area contributed by atoms with Gasteiger partial charge in [0.15, 0.2) is 11.5 Å². The molecule has 1 aliphatic rings. The molecule has 2 aromatic rings. The Hall–Kier alpha value is -3.03. The predicted molar refractivity (Wildman–Crippen MR) is 108 cm³/mol. The number of carbonyl (C=O) groups is 2. The lowest BCUT2D eigenvalue weighted by Gasteiger charge is -2.31. The van der Waals surface area contributed by atoms with Crippen molar-refractivity contribution in [2.24, 2.45) is 0 Å². The number of benzene rings is 1. The largest absolute Gasteiger partial charge is 0.493 e. The van der Waals surface area contributed by atoms with Crippen molar-refractivity contribution in [2.75, 3.05) is 20.2 Å². The number of methoxy groups -OCH3 is 1. The van der Waals surface area contributed by atoms with Crippen LogP contribution in [0.3, 0.4) is 0 Å². The van der Waals surface area contributed by atoms with Gasteiger partial charge in [-0.1, -0.05) is 0 Å². The molecule has 0 unspecified atom stereocenters. The van der Waals surface area contributed by atoms with E-state index in [2.05, 4.69) is 10.4 Å². The number of nitrogens with zero attached hydrogens (tertiary/aromatic N) is 3. The van der Waals surface area contributed by atoms with E-state index < -0.39 is 0 Å². The number of piperidine rings is 1. The zero-order valence-electron chi connectivity index (χ0n) is 17.2. The summed E-state index contributed by atoms with van der Waals surface area (Å²) in [5, 5.41) is 7.10. The highest BCUT2D eigenvalue weighted by Crippen LogP contribution is 2.30. The van der Waals surface area contributed by atoms with Gasteiger partial charge < -0.3 is 19.7 Å². The van der Waals surface area contributed by atoms with Crippen LogP contribution >= 0.6 is 0 Å². The number of likely N-dealkylation sites (tertiary alicyclic amines) is 1. The highest BCUT2D eigenvalue weighted by molar-refractivity contribution is 5.94. The van der Waals surface area contributed by atoms with Gasteiger partial charge >= 0.3 is 0 Å². The van der Waals surface area contributed by atoms with Crippen LogP contribution in [0.15, 0.2) is 30.6 Å². The van der Waals surface area contributed by atoms with E-state index in [-0.39, 0.29) is 17.9 Å². The van der Waals surface area contributed by atoms with Crippen LogP contribution in [0.5, 0.6) is 11.5 Å². The summed E-state index contributed by atoms with van der Waals surface area (Å²) in [4.78, 5) is 25.8. The summed E-state index contributed by atoms with van der Waals surface area (Å²) < 4.78 is 13.3. The lowest BCUT2D eigenvalue weighted by Crippen LogP contribution is -2.40. The average Bonchev–Trinajstić information content (AvgIpc) is 3.21. The Labute approximate surface area is 170 Å². The fraction of sp³-hybridized carbons (Fsp3) is 0.476. The van der Waals surface area contributed by atoms with Gasteiger partial charge in [0.05, 0.1) is 13.3 Å². The summed E-state index contributed by atoms with van der Waals surface area (Å²) in [5.74, 6) is 1.03. The minimum atomic E-state index is -0.186. The van der Waals surface area contributed by atoms with E-state index in [0.29, 0.717) is 36.7 Å². The fourth-order valence-electron chi connectivity index (χ4n) is 3.33. The highest BCUT2D eigenvalue weighted by atomic mass is 16.5. The second-order valence-corrected chi connectivity index (χ2v) is 7.08. The summed E-state index contributed by atoms with van der Waals surface area (Å²) in [6.45, 7) is 6.19. The van der Waals surface area contributed by atoms with E-state index in [1.54, 1.807) is 38.4 Å². The van der Waals surface area contributed by atoms with Crippen LogP contribution in [0, 0.1) is 0 Å². The van der Waals surface area contributed by atoms with Crippen LogP contribution in [0.25, 0.3) is 0 Å². The monoisotopic (exact) mass is 400 g/mol. The molecule has 0 aliphatic carbocycles. The Bertz CT molecular complexity index is 856. The number of aryl methyl sites for hydroxylation is 1. The Morgan fingerprint density at radius 2 is 2.00 bits per heavy atom. The second kappa shape index (κ2) is 9.45. The third kappa shape index (κ3) is 5.28. The Morgan fingerprint density at radius 3 is 2.62 bits per heavy atom. The van der Waals surface area contributed by atoms with E-state index in [9.17, 15) is 9.59 Å². The molecule has 156 valence electrons. The first kappa shape index (κ1) is 20.7. The number of aromatic nitrogens is 2. The lowest BCUT2D eigenvalue weighted by molar-refractivity contribution is -0.130. The van der Waals surface area contributed by atoms with Crippen LogP contribution in [0.4, 0.5) is 0 Å². The summed E-state index contributed by atoms with van der Waals surface area (Å²) >= 11 is 0. The van der Waals surface area contributed by atoms with E-state index in [1.807, 2.05) is 22.7 Å². The summed E-state index contributed by atoms with van der Waals surface area (Å²) in [5.41, 5.74) is 1.45. The smallest absolute Gasteiger partial charge is 0.251 e. The summed E-state index contributed by atoms with van der Waals surface area (Å²) in [7, 11) is 1.56. The normalized spacial score (nSPS) is 14.5. The molecule has 3 rings (SSSR count). The van der Waals surface area contributed by atoms with Gasteiger partial charge in [0.1, 0.15) is 6.10 Å². The first-order valence-corrected chi connectivity index (χ1v) is 9.90. The lowest BCUT2D eigenvalue weighted by atomic mass is 10.1. The van der Waals surface area contributed by atoms with Crippen LogP contribution in [-0.4, -0.2) is 52.8 Å². The maximum absolute atomic E-state index is 12.5. The molecule has 29 heavy (non-hydrogen) atoms. The van der Waals surface area contributed by atoms with Gasteiger partial charge in [-0.25, -0.2) is 0 Å². The number of nitrogens with one attached hydrogen (secondary N) is 1. The van der Waals surface area contributed by atoms with E-state index in [1.165, 1.54) is 0 Å². The van der Waals surface area contributed by atoms with Crippen LogP contribution in [0.2, 0.25) is 0 Å². The number of hydrogen-bond donors (Lipinski definition) is 1. The van der Waals surface area contributed by atoms with Crippen molar-refractivity contribution in [3.63, 3.8) is 0 Å². The molecule has 1 saturated heterocycles. The van der Waals surface area contributed by atoms with Crippen LogP contribution in [0.1, 0.15) is 42.6 Å². The summed E-state index contributed by atoms with van der Waals surface area (Å²) in [6.07, 6.45) is 5.23. The molecule has 1 aromatic heterocycles. The minimum absolute atomic E-state index is 0.0225. The first-order valence-electron chi connectivity index (χ1n) is 9.90. The van der Waals surface area contributed by atoms with Gasteiger partial charge in [0.25, 0.3) is 5.91 Å². The predicted octanol–water partition coefficient (Wildman–Crippen LogP) is 2.23. The molecule has 8 nitrogen and oxygen atoms in total. The molecule has 8 heteroatoms. The van der Waals surface area contributed by atoms with E-state index >= 15 is 0 Å². The number of hydrogen-bond acceptors (Lipinski definition) is 5. The molecule has 0 spiro atoms. The molecule has 1 aliphatic heterocycles. The van der Waals surface area contributed by atoms with Gasteiger partial charge in [-0.3, -0.25) is 14.3 Å². The van der Waals surface area contributed by atoms with Crippen molar-refractivity contribution < 1.29 is 19.1 Å². The molecule has 0 radical (unpaired) electrons. The van der Waals surface area contributed by atoms with Crippen molar-refractivity contribution in [2.45, 2.75) is 45.9 Å². The number of rotatable bonds is 7. The molecule has 0 bridgehead atoms. The molecular formula is C21H28N4O4. The zero-order valence-corrected chi connectivity index (χ0v) is 17.2. The minimum Gasteiger partial charge on any atom is -0.493 e. The van der Waals surface area contributed by atoms with Gasteiger partial charge in [-0.05, 0) is 25.1 Å². The highest BCUT2D eigenvalue weighted by Gasteiger charge is 2.23. The third-order valence-electron chi connectivity index (χ3n) is 5.07. The topological polar surface area (TPSA) is 85.7 Å². The Balaban J connectivity index is 1.59. The van der Waals surface area contributed by atoms with Crippen molar-refractivity contribution in [1.29, 1.82) is 0 Å². The number of carbonyl (C=O) groups excluding carboxylic acids is 2. The Morgan fingerprint density at radius 1 is 1.24 bits per heavy atom. The van der Waals surface area contributed by atoms with Crippen molar-refractivity contribution in [3.8, 4) is 11.5 Å². The molecule has 2 amide bonds. The molecular weight excluding hydrogens is 372 g/mol. The number of ether oxygens (including phenoxy) is 2. The molecule has 0 atom stereocenters. The quantitative estimate of drug-likeness (QED) is 0.770. The van der Waals surface area contributed by atoms with Gasteiger partial charge in [0, 0.05) is 63.3 Å². The standard InChI is InChI=1S/C21H28N4O4/c1-4-25-14-16(13-23-25)12-22-21(27)17-5-6-19(20(11-17)28-3)29-18-7-9-24(10-8-18)15(2)26/h5-6,11,13-14,18H,4,7-10,12H2,1-3H3,(H,22,27). The Kier molecular flexibility index (Phi) is 6.74. The van der Waals surface area contributed by atoms with E-state index in [0.717, 1.165) is 24.9 Å². The van der Waals surface area contributed by atoms with Crippen molar-refractivity contribution in [1.82, 2.24) is 20.0 Å². The fourth-order valence-corrected chi connectivity index (χ4v) is 3.33. The van der Waals surface area contributed by atoms with Crippen molar-refractivity contribution >= 4 is 11.8 Å². The van der Waals surface area contributed by atoms with Crippen LogP contribution < -0.4 is 14.8 Å². The maximum atomic E-state index is 12.5. The van der Waals surface area contributed by atoms with Crippen LogP contribution in [-0.2, 0) is 17.9 Å². The van der Waals surface area contributed by atoms with Crippen molar-refractivity contribution in [3.05, 3.63) is 41.7 Å². The second-order valence-electron chi connectivity index (χ2n) is 7.08. The average molecular weight is 400 g/mol. The molecule has 2 heterocycles. The van der Waals surface area contributed by atoms with Gasteiger partial charge in [0.2, 0.25) is 5.91 Å². The molecule has 1 fully saturated rings. The number of amides is 2. The van der Waals surface area contributed by atoms with Gasteiger partial charge in [-0.15, -0.1) is 0 Å². The third-order valence-corrected chi connectivity index (χ3v) is 5.07. The zero-order chi connectivity index (χ0) is 20.8.